The maximum absolute atomic E-state index is 12.7. The van der Waals surface area contributed by atoms with Crippen molar-refractivity contribution in [3.05, 3.63) is 30.3 Å². The molecule has 0 atom stereocenters. The first-order valence-electron chi connectivity index (χ1n) is 6.51. The second-order valence-corrected chi connectivity index (χ2v) is 6.45. The Morgan fingerprint density at radius 1 is 1.20 bits per heavy atom. The zero-order valence-corrected chi connectivity index (χ0v) is 12.9. The van der Waals surface area contributed by atoms with Crippen molar-refractivity contribution in [1.82, 2.24) is 4.31 Å². The number of ether oxygens (including phenoxy) is 1. The van der Waals surface area contributed by atoms with Gasteiger partial charge in [0.2, 0.25) is 10.0 Å². The Morgan fingerprint density at radius 3 is 2.35 bits per heavy atom. The third-order valence-corrected chi connectivity index (χ3v) is 5.26. The van der Waals surface area contributed by atoms with Crippen molar-refractivity contribution in [2.45, 2.75) is 23.8 Å². The van der Waals surface area contributed by atoms with E-state index < -0.39 is 10.0 Å². The maximum Gasteiger partial charge on any atom is 0.243 e. The van der Waals surface area contributed by atoms with E-state index in [1.165, 1.54) is 4.31 Å². The molecule has 5 nitrogen and oxygen atoms in total. The van der Waals surface area contributed by atoms with E-state index in [-0.39, 0.29) is 18.4 Å². The molecule has 1 aliphatic rings. The second kappa shape index (κ2) is 7.95. The van der Waals surface area contributed by atoms with Gasteiger partial charge >= 0.3 is 0 Å². The quantitative estimate of drug-likeness (QED) is 0.886. The standard InChI is InChI=1S/C13H20N2O3S.ClH/c14-8-9-15(12-6-10-18-11-7-12)19(16,17)13-4-2-1-3-5-13;/h1-5,12H,6-11,14H2;1H. The number of nitrogens with two attached hydrogens (primary N) is 1. The van der Waals surface area contributed by atoms with Crippen LogP contribution < -0.4 is 5.73 Å². The van der Waals surface area contributed by atoms with Gasteiger partial charge in [-0.3, -0.25) is 0 Å². The Kier molecular flexibility index (Phi) is 6.91. The second-order valence-electron chi connectivity index (χ2n) is 4.56. The topological polar surface area (TPSA) is 72.6 Å². The van der Waals surface area contributed by atoms with Gasteiger partial charge < -0.3 is 10.5 Å². The molecule has 0 aromatic heterocycles. The smallest absolute Gasteiger partial charge is 0.243 e. The summed E-state index contributed by atoms with van der Waals surface area (Å²) in [5.74, 6) is 0. The van der Waals surface area contributed by atoms with Gasteiger partial charge in [-0.1, -0.05) is 18.2 Å². The Bertz CT molecular complexity index is 490. The first kappa shape index (κ1) is 17.4. The lowest BCUT2D eigenvalue weighted by molar-refractivity contribution is 0.0590. The fourth-order valence-corrected chi connectivity index (χ4v) is 4.05. The van der Waals surface area contributed by atoms with E-state index in [4.69, 9.17) is 10.5 Å². The largest absolute Gasteiger partial charge is 0.381 e. The van der Waals surface area contributed by atoms with Crippen molar-refractivity contribution in [3.8, 4) is 0 Å². The summed E-state index contributed by atoms with van der Waals surface area (Å²) in [6.45, 7) is 1.89. The molecule has 0 amide bonds. The van der Waals surface area contributed by atoms with Gasteiger partial charge in [0.1, 0.15) is 0 Å². The van der Waals surface area contributed by atoms with Crippen LogP contribution >= 0.6 is 12.4 Å². The van der Waals surface area contributed by atoms with Crippen molar-refractivity contribution in [1.29, 1.82) is 0 Å². The molecule has 1 heterocycles. The molecule has 7 heteroatoms. The Labute approximate surface area is 126 Å². The number of rotatable bonds is 5. The van der Waals surface area contributed by atoms with Gasteiger partial charge in [0.15, 0.2) is 0 Å². The van der Waals surface area contributed by atoms with E-state index in [1.807, 2.05) is 0 Å². The van der Waals surface area contributed by atoms with Crippen LogP contribution in [0.5, 0.6) is 0 Å². The monoisotopic (exact) mass is 320 g/mol. The molecule has 2 N–H and O–H groups in total. The van der Waals surface area contributed by atoms with Crippen LogP contribution in [-0.4, -0.2) is 45.1 Å². The van der Waals surface area contributed by atoms with Gasteiger partial charge in [-0.25, -0.2) is 8.42 Å². The molecule has 1 aromatic rings. The van der Waals surface area contributed by atoms with Gasteiger partial charge in [0.25, 0.3) is 0 Å². The summed E-state index contributed by atoms with van der Waals surface area (Å²) in [5.41, 5.74) is 5.57. The van der Waals surface area contributed by atoms with Crippen LogP contribution in [0.15, 0.2) is 35.2 Å². The highest BCUT2D eigenvalue weighted by atomic mass is 35.5. The Balaban J connectivity index is 0.00000200. The normalized spacial score (nSPS) is 16.9. The summed E-state index contributed by atoms with van der Waals surface area (Å²) in [4.78, 5) is 0.329. The molecule has 0 aliphatic carbocycles. The van der Waals surface area contributed by atoms with E-state index in [0.717, 1.165) is 12.8 Å². The highest BCUT2D eigenvalue weighted by Gasteiger charge is 2.31. The van der Waals surface area contributed by atoms with E-state index in [9.17, 15) is 8.42 Å². The van der Waals surface area contributed by atoms with E-state index in [2.05, 4.69) is 0 Å². The van der Waals surface area contributed by atoms with Crippen LogP contribution in [-0.2, 0) is 14.8 Å². The molecule has 0 bridgehead atoms. The van der Waals surface area contributed by atoms with Gasteiger partial charge in [-0.15, -0.1) is 12.4 Å². The molecule has 2 rings (SSSR count). The third-order valence-electron chi connectivity index (χ3n) is 3.30. The number of nitrogens with zero attached hydrogens (tertiary/aromatic N) is 1. The van der Waals surface area contributed by atoms with Crippen LogP contribution in [0.25, 0.3) is 0 Å². The Hall–Kier alpha value is -0.660. The van der Waals surface area contributed by atoms with Crippen molar-refractivity contribution < 1.29 is 13.2 Å². The van der Waals surface area contributed by atoms with Gasteiger partial charge in [-0.2, -0.15) is 4.31 Å². The predicted molar refractivity (Wildman–Crippen MR) is 80.5 cm³/mol. The number of benzene rings is 1. The van der Waals surface area contributed by atoms with Crippen molar-refractivity contribution in [3.63, 3.8) is 0 Å². The van der Waals surface area contributed by atoms with Crippen molar-refractivity contribution in [2.75, 3.05) is 26.3 Å². The van der Waals surface area contributed by atoms with Gasteiger partial charge in [0.05, 0.1) is 4.90 Å². The number of hydrogen-bond donors (Lipinski definition) is 1. The molecule has 0 unspecified atom stereocenters. The zero-order chi connectivity index (χ0) is 13.7. The summed E-state index contributed by atoms with van der Waals surface area (Å²) in [6, 6.07) is 8.51. The highest BCUT2D eigenvalue weighted by Crippen LogP contribution is 2.22. The predicted octanol–water partition coefficient (Wildman–Crippen LogP) is 1.24. The number of hydrogen-bond acceptors (Lipinski definition) is 4. The fraction of sp³-hybridized carbons (Fsp3) is 0.538. The van der Waals surface area contributed by atoms with E-state index in [0.29, 0.717) is 31.2 Å². The van der Waals surface area contributed by atoms with Crippen LogP contribution in [0.2, 0.25) is 0 Å². The zero-order valence-electron chi connectivity index (χ0n) is 11.3. The number of halogens is 1. The minimum Gasteiger partial charge on any atom is -0.381 e. The average molecular weight is 321 g/mol. The average Bonchev–Trinajstić information content (AvgIpc) is 2.46. The molecule has 0 saturated carbocycles. The first-order valence-corrected chi connectivity index (χ1v) is 7.95. The minimum absolute atomic E-state index is 0. The molecular weight excluding hydrogens is 300 g/mol. The van der Waals surface area contributed by atoms with Gasteiger partial charge in [-0.05, 0) is 25.0 Å². The first-order chi connectivity index (χ1) is 9.16. The highest BCUT2D eigenvalue weighted by molar-refractivity contribution is 7.89. The molecule has 0 radical (unpaired) electrons. The molecule has 114 valence electrons. The lowest BCUT2D eigenvalue weighted by Gasteiger charge is -2.33. The lowest BCUT2D eigenvalue weighted by Crippen LogP contribution is -2.45. The van der Waals surface area contributed by atoms with Crippen LogP contribution in [0.3, 0.4) is 0 Å². The van der Waals surface area contributed by atoms with Gasteiger partial charge in [0, 0.05) is 32.3 Å². The SMILES string of the molecule is Cl.NCCN(C1CCOCC1)S(=O)(=O)c1ccccc1. The molecule has 1 saturated heterocycles. The molecule has 1 fully saturated rings. The van der Waals surface area contributed by atoms with E-state index >= 15 is 0 Å². The molecule has 1 aliphatic heterocycles. The van der Waals surface area contributed by atoms with Crippen LogP contribution in [0.4, 0.5) is 0 Å². The van der Waals surface area contributed by atoms with Crippen molar-refractivity contribution >= 4 is 22.4 Å². The lowest BCUT2D eigenvalue weighted by atomic mass is 10.1. The fourth-order valence-electron chi connectivity index (χ4n) is 2.33. The molecule has 1 aromatic carbocycles. The molecular formula is C13H21ClN2O3S. The van der Waals surface area contributed by atoms with Crippen LogP contribution in [0.1, 0.15) is 12.8 Å². The third kappa shape index (κ3) is 3.93. The maximum atomic E-state index is 12.7. The molecule has 0 spiro atoms. The summed E-state index contributed by atoms with van der Waals surface area (Å²) in [6.07, 6.45) is 1.46. The summed E-state index contributed by atoms with van der Waals surface area (Å²) >= 11 is 0. The summed E-state index contributed by atoms with van der Waals surface area (Å²) in [5, 5.41) is 0. The number of sulfonamides is 1. The molecule has 20 heavy (non-hydrogen) atoms. The van der Waals surface area contributed by atoms with Crippen LogP contribution in [0, 0.1) is 0 Å². The Morgan fingerprint density at radius 2 is 1.80 bits per heavy atom. The van der Waals surface area contributed by atoms with Crippen molar-refractivity contribution in [2.24, 2.45) is 5.73 Å². The minimum atomic E-state index is -3.47. The summed E-state index contributed by atoms with van der Waals surface area (Å²) < 4.78 is 32.1. The summed E-state index contributed by atoms with van der Waals surface area (Å²) in [7, 11) is -3.47. The van der Waals surface area contributed by atoms with E-state index in [1.54, 1.807) is 30.3 Å².